The van der Waals surface area contributed by atoms with E-state index >= 15 is 0 Å². The van der Waals surface area contributed by atoms with Crippen LogP contribution in [-0.2, 0) is 9.84 Å². The van der Waals surface area contributed by atoms with Gasteiger partial charge in [-0.3, -0.25) is 10.1 Å². The Labute approximate surface area is 122 Å². The minimum absolute atomic E-state index is 0.0156. The van der Waals surface area contributed by atoms with Crippen molar-refractivity contribution in [3.63, 3.8) is 0 Å². The van der Waals surface area contributed by atoms with Gasteiger partial charge >= 0.3 is 0 Å². The lowest BCUT2D eigenvalue weighted by atomic mass is 10.2. The molecule has 8 heteroatoms. The summed E-state index contributed by atoms with van der Waals surface area (Å²) < 4.78 is 28.1. The molecule has 0 fully saturated rings. The van der Waals surface area contributed by atoms with Gasteiger partial charge in [-0.2, -0.15) is 0 Å². The van der Waals surface area contributed by atoms with Crippen LogP contribution in [0.5, 0.6) is 0 Å². The number of nitrogens with one attached hydrogen (secondary N) is 1. The number of carbonyl (C=O) groups excluding carboxylic acids is 1. The number of amides is 1. The van der Waals surface area contributed by atoms with Crippen LogP contribution in [0.2, 0.25) is 0 Å². The van der Waals surface area contributed by atoms with Crippen molar-refractivity contribution < 1.29 is 17.7 Å². The maximum atomic E-state index is 12.2. The normalized spacial score (nSPS) is 11.4. The molecule has 0 aliphatic rings. The van der Waals surface area contributed by atoms with Crippen molar-refractivity contribution >= 4 is 27.3 Å². The summed E-state index contributed by atoms with van der Waals surface area (Å²) in [6.45, 7) is 3.50. The average Bonchev–Trinajstić information content (AvgIpc) is 2.69. The van der Waals surface area contributed by atoms with E-state index in [-0.39, 0.29) is 22.0 Å². The van der Waals surface area contributed by atoms with Crippen LogP contribution in [0.1, 0.15) is 21.6 Å². The third kappa shape index (κ3) is 3.22. The second-order valence-corrected chi connectivity index (χ2v) is 6.75. The first kappa shape index (κ1) is 15.0. The summed E-state index contributed by atoms with van der Waals surface area (Å²) in [6, 6.07) is 3.96. The molecule has 112 valence electrons. The average molecular weight is 309 g/mol. The molecule has 0 aliphatic carbocycles. The summed E-state index contributed by atoms with van der Waals surface area (Å²) in [4.78, 5) is 12.1. The Kier molecular flexibility index (Phi) is 3.73. The van der Waals surface area contributed by atoms with E-state index in [9.17, 15) is 13.2 Å². The van der Waals surface area contributed by atoms with Crippen LogP contribution in [0.3, 0.4) is 0 Å². The highest BCUT2D eigenvalue weighted by molar-refractivity contribution is 7.90. The first-order valence-electron chi connectivity index (χ1n) is 6.03. The molecular formula is C13H15N3O4S. The van der Waals surface area contributed by atoms with Gasteiger partial charge < -0.3 is 10.3 Å². The van der Waals surface area contributed by atoms with E-state index in [1.165, 1.54) is 18.2 Å². The second kappa shape index (κ2) is 5.21. The fraction of sp³-hybridized carbons (Fsp3) is 0.231. The molecule has 0 aliphatic heterocycles. The summed E-state index contributed by atoms with van der Waals surface area (Å²) in [5.74, 6) is -0.299. The van der Waals surface area contributed by atoms with E-state index < -0.39 is 15.7 Å². The molecule has 3 N–H and O–H groups in total. The lowest BCUT2D eigenvalue weighted by molar-refractivity contribution is 0.102. The molecule has 21 heavy (non-hydrogen) atoms. The molecule has 7 nitrogen and oxygen atoms in total. The van der Waals surface area contributed by atoms with Crippen LogP contribution in [0.4, 0.5) is 11.6 Å². The van der Waals surface area contributed by atoms with Gasteiger partial charge in [-0.05, 0) is 32.0 Å². The van der Waals surface area contributed by atoms with Gasteiger partial charge in [0.15, 0.2) is 9.84 Å². The summed E-state index contributed by atoms with van der Waals surface area (Å²) in [5.41, 5.74) is 7.32. The topological polar surface area (TPSA) is 115 Å². The third-order valence-electron chi connectivity index (χ3n) is 3.00. The fourth-order valence-corrected chi connectivity index (χ4v) is 2.37. The number of aryl methyl sites for hydroxylation is 1. The van der Waals surface area contributed by atoms with E-state index in [1.54, 1.807) is 13.8 Å². The van der Waals surface area contributed by atoms with Gasteiger partial charge in [-0.15, -0.1) is 0 Å². The van der Waals surface area contributed by atoms with Crippen molar-refractivity contribution in [2.75, 3.05) is 17.3 Å². The maximum absolute atomic E-state index is 12.2. The second-order valence-electron chi connectivity index (χ2n) is 4.74. The lowest BCUT2D eigenvalue weighted by Crippen LogP contribution is -2.13. The highest BCUT2D eigenvalue weighted by Crippen LogP contribution is 2.21. The highest BCUT2D eigenvalue weighted by Gasteiger charge is 2.16. The Morgan fingerprint density at radius 3 is 2.48 bits per heavy atom. The molecule has 0 spiro atoms. The SMILES string of the molecule is Cc1noc(NC(=O)c2cc(N)cc(S(C)(=O)=O)c2)c1C. The highest BCUT2D eigenvalue weighted by atomic mass is 32.2. The smallest absolute Gasteiger partial charge is 0.258 e. The largest absolute Gasteiger partial charge is 0.399 e. The van der Waals surface area contributed by atoms with Crippen molar-refractivity contribution in [2.45, 2.75) is 18.7 Å². The van der Waals surface area contributed by atoms with Gasteiger partial charge in [-0.25, -0.2) is 8.42 Å². The number of nitrogens with zero attached hydrogens (tertiary/aromatic N) is 1. The van der Waals surface area contributed by atoms with E-state index in [0.717, 1.165) is 6.26 Å². The summed E-state index contributed by atoms with van der Waals surface area (Å²) >= 11 is 0. The number of benzene rings is 1. The van der Waals surface area contributed by atoms with Crippen molar-refractivity contribution in [3.05, 3.63) is 35.0 Å². The first-order valence-corrected chi connectivity index (χ1v) is 7.92. The molecule has 0 bridgehead atoms. The van der Waals surface area contributed by atoms with Gasteiger partial charge in [0.05, 0.1) is 10.6 Å². The molecule has 2 rings (SSSR count). The summed E-state index contributed by atoms with van der Waals surface area (Å²) in [6.07, 6.45) is 1.05. The summed E-state index contributed by atoms with van der Waals surface area (Å²) in [7, 11) is -3.45. The van der Waals surface area contributed by atoms with Crippen LogP contribution < -0.4 is 11.1 Å². The minimum atomic E-state index is -3.45. The number of carbonyl (C=O) groups is 1. The zero-order valence-corrected chi connectivity index (χ0v) is 12.6. The molecular weight excluding hydrogens is 294 g/mol. The van der Waals surface area contributed by atoms with Crippen molar-refractivity contribution in [1.29, 1.82) is 0 Å². The number of nitrogens with two attached hydrogens (primary N) is 1. The Balaban J connectivity index is 2.36. The van der Waals surface area contributed by atoms with Crippen LogP contribution in [0.25, 0.3) is 0 Å². The molecule has 0 saturated heterocycles. The van der Waals surface area contributed by atoms with Gasteiger partial charge in [0.1, 0.15) is 0 Å². The molecule has 1 aromatic carbocycles. The maximum Gasteiger partial charge on any atom is 0.258 e. The Morgan fingerprint density at radius 2 is 1.95 bits per heavy atom. The zero-order chi connectivity index (χ0) is 15.8. The van der Waals surface area contributed by atoms with Crippen molar-refractivity contribution in [2.24, 2.45) is 0 Å². The number of hydrogen-bond acceptors (Lipinski definition) is 6. The van der Waals surface area contributed by atoms with E-state index in [0.29, 0.717) is 11.3 Å². The molecule has 1 aromatic heterocycles. The number of nitrogen functional groups attached to an aromatic ring is 1. The quantitative estimate of drug-likeness (QED) is 0.831. The van der Waals surface area contributed by atoms with Crippen molar-refractivity contribution in [3.8, 4) is 0 Å². The van der Waals surface area contributed by atoms with Crippen LogP contribution in [0, 0.1) is 13.8 Å². The molecule has 1 heterocycles. The molecule has 0 unspecified atom stereocenters. The van der Waals surface area contributed by atoms with Crippen LogP contribution in [0.15, 0.2) is 27.6 Å². The van der Waals surface area contributed by atoms with E-state index in [1.807, 2.05) is 0 Å². The van der Waals surface area contributed by atoms with Crippen LogP contribution in [-0.4, -0.2) is 25.7 Å². The predicted octanol–water partition coefficient (Wildman–Crippen LogP) is 1.53. The first-order chi connectivity index (χ1) is 9.68. The predicted molar refractivity (Wildman–Crippen MR) is 77.9 cm³/mol. The Bertz CT molecular complexity index is 809. The van der Waals surface area contributed by atoms with Gasteiger partial charge in [0.25, 0.3) is 5.91 Å². The number of hydrogen-bond donors (Lipinski definition) is 2. The zero-order valence-electron chi connectivity index (χ0n) is 11.8. The monoisotopic (exact) mass is 309 g/mol. The molecule has 0 radical (unpaired) electrons. The number of sulfone groups is 1. The van der Waals surface area contributed by atoms with Gasteiger partial charge in [0, 0.05) is 23.1 Å². The molecule has 0 atom stereocenters. The molecule has 0 saturated carbocycles. The Hall–Kier alpha value is -2.35. The van der Waals surface area contributed by atoms with Crippen molar-refractivity contribution in [1.82, 2.24) is 5.16 Å². The number of aromatic nitrogens is 1. The van der Waals surface area contributed by atoms with Gasteiger partial charge in [-0.1, -0.05) is 5.16 Å². The number of rotatable bonds is 3. The number of anilines is 2. The van der Waals surface area contributed by atoms with Crippen LogP contribution >= 0.6 is 0 Å². The van der Waals surface area contributed by atoms with E-state index in [4.69, 9.17) is 10.3 Å². The molecule has 1 amide bonds. The van der Waals surface area contributed by atoms with E-state index in [2.05, 4.69) is 10.5 Å². The van der Waals surface area contributed by atoms with Gasteiger partial charge in [0.2, 0.25) is 5.88 Å². The minimum Gasteiger partial charge on any atom is -0.399 e. The fourth-order valence-electron chi connectivity index (χ4n) is 1.67. The lowest BCUT2D eigenvalue weighted by Gasteiger charge is -2.06. The standard InChI is InChI=1S/C13H15N3O4S/c1-7-8(2)16-20-13(7)15-12(17)9-4-10(14)6-11(5-9)21(3,18)19/h4-6H,14H2,1-3H3,(H,15,17). The molecule has 2 aromatic rings. The summed E-state index contributed by atoms with van der Waals surface area (Å²) in [5, 5.41) is 6.26. The third-order valence-corrected chi connectivity index (χ3v) is 4.10. The Morgan fingerprint density at radius 1 is 1.29 bits per heavy atom.